The molecule has 1 heterocycles. The zero-order chi connectivity index (χ0) is 9.30. The number of halogens is 4. The summed E-state index contributed by atoms with van der Waals surface area (Å²) in [6, 6.07) is 0.781. The molecule has 1 aromatic rings. The average Bonchev–Trinajstić information content (AvgIpc) is 1.82. The molecule has 0 aromatic carbocycles. The Hall–Kier alpha value is -0.780. The van der Waals surface area contributed by atoms with Crippen molar-refractivity contribution in [3.05, 3.63) is 32.4 Å². The topological polar surface area (TPSA) is 32.9 Å². The molecule has 12 heavy (non-hydrogen) atoms. The molecule has 0 aliphatic rings. The Morgan fingerprint density at radius 3 is 2.50 bits per heavy atom. The quantitative estimate of drug-likeness (QED) is 0.752. The molecule has 1 rings (SSSR count). The third-order valence-corrected chi connectivity index (χ3v) is 1.86. The SMILES string of the molecule is O=c1[nH]c(F)cc(Br)c1C(F)F. The number of hydrogen-bond donors (Lipinski definition) is 1. The van der Waals surface area contributed by atoms with Gasteiger partial charge in [-0.15, -0.1) is 0 Å². The summed E-state index contributed by atoms with van der Waals surface area (Å²) in [4.78, 5) is 12.3. The van der Waals surface area contributed by atoms with Gasteiger partial charge in [0.05, 0.1) is 5.56 Å². The number of nitrogens with one attached hydrogen (secondary N) is 1. The van der Waals surface area contributed by atoms with Gasteiger partial charge in [-0.1, -0.05) is 0 Å². The number of H-pyrrole nitrogens is 1. The van der Waals surface area contributed by atoms with E-state index < -0.39 is 23.5 Å². The minimum absolute atomic E-state index is 0.223. The molecule has 2 nitrogen and oxygen atoms in total. The van der Waals surface area contributed by atoms with Crippen molar-refractivity contribution in [3.8, 4) is 0 Å². The van der Waals surface area contributed by atoms with Crippen LogP contribution in [0.15, 0.2) is 15.3 Å². The lowest BCUT2D eigenvalue weighted by Crippen LogP contribution is -2.15. The fourth-order valence-electron chi connectivity index (χ4n) is 0.713. The van der Waals surface area contributed by atoms with Crippen LogP contribution in [0, 0.1) is 5.95 Å². The van der Waals surface area contributed by atoms with Crippen LogP contribution in [0.5, 0.6) is 0 Å². The first-order valence-corrected chi connectivity index (χ1v) is 3.68. The fourth-order valence-corrected chi connectivity index (χ4v) is 1.27. The Bertz CT molecular complexity index is 349. The van der Waals surface area contributed by atoms with Crippen LogP contribution in [0.2, 0.25) is 0 Å². The number of hydrogen-bond acceptors (Lipinski definition) is 1. The lowest BCUT2D eigenvalue weighted by atomic mass is 10.3. The van der Waals surface area contributed by atoms with Crippen LogP contribution in [0.25, 0.3) is 0 Å². The van der Waals surface area contributed by atoms with E-state index in [1.54, 1.807) is 4.98 Å². The summed E-state index contributed by atoms with van der Waals surface area (Å²) < 4.78 is 36.2. The Morgan fingerprint density at radius 2 is 2.08 bits per heavy atom. The van der Waals surface area contributed by atoms with E-state index in [4.69, 9.17) is 0 Å². The minimum Gasteiger partial charge on any atom is -0.298 e. The Morgan fingerprint density at radius 1 is 1.50 bits per heavy atom. The van der Waals surface area contributed by atoms with Crippen molar-refractivity contribution in [2.24, 2.45) is 0 Å². The van der Waals surface area contributed by atoms with Gasteiger partial charge in [0.25, 0.3) is 12.0 Å². The first-order valence-electron chi connectivity index (χ1n) is 2.88. The summed E-state index contributed by atoms with van der Waals surface area (Å²) in [5.74, 6) is -0.948. The normalized spacial score (nSPS) is 10.8. The van der Waals surface area contributed by atoms with E-state index in [0.717, 1.165) is 6.07 Å². The summed E-state index contributed by atoms with van der Waals surface area (Å²) in [7, 11) is 0. The second-order valence-electron chi connectivity index (χ2n) is 2.01. The summed E-state index contributed by atoms with van der Waals surface area (Å²) in [6.45, 7) is 0. The van der Waals surface area contributed by atoms with E-state index in [0.29, 0.717) is 0 Å². The lowest BCUT2D eigenvalue weighted by Gasteiger charge is -2.00. The largest absolute Gasteiger partial charge is 0.298 e. The van der Waals surface area contributed by atoms with Gasteiger partial charge in [0.1, 0.15) is 0 Å². The molecule has 0 radical (unpaired) electrons. The van der Waals surface area contributed by atoms with Crippen molar-refractivity contribution in [2.75, 3.05) is 0 Å². The number of pyridine rings is 1. The second kappa shape index (κ2) is 3.30. The van der Waals surface area contributed by atoms with Gasteiger partial charge >= 0.3 is 0 Å². The van der Waals surface area contributed by atoms with Crippen LogP contribution in [-0.2, 0) is 0 Å². The molecular weight excluding hydrogens is 239 g/mol. The molecule has 0 spiro atoms. The number of aromatic nitrogens is 1. The number of rotatable bonds is 1. The van der Waals surface area contributed by atoms with Crippen LogP contribution in [0.1, 0.15) is 12.0 Å². The third-order valence-electron chi connectivity index (χ3n) is 1.21. The van der Waals surface area contributed by atoms with E-state index in [1.807, 2.05) is 0 Å². The molecule has 0 aliphatic heterocycles. The van der Waals surface area contributed by atoms with Crippen molar-refractivity contribution >= 4 is 15.9 Å². The highest BCUT2D eigenvalue weighted by Gasteiger charge is 2.16. The summed E-state index contributed by atoms with van der Waals surface area (Å²) >= 11 is 2.66. The molecule has 0 saturated heterocycles. The standard InChI is InChI=1S/C6H3BrF3NO/c7-2-1-3(8)11-6(12)4(2)5(9)10/h1,5H,(H,11,12). The predicted molar refractivity (Wildman–Crippen MR) is 39.7 cm³/mol. The van der Waals surface area contributed by atoms with Gasteiger partial charge < -0.3 is 0 Å². The molecule has 0 bridgehead atoms. The van der Waals surface area contributed by atoms with Crippen molar-refractivity contribution in [3.63, 3.8) is 0 Å². The highest BCUT2D eigenvalue weighted by molar-refractivity contribution is 9.10. The first-order chi connectivity index (χ1) is 5.52. The maximum atomic E-state index is 12.3. The molecule has 0 fully saturated rings. The zero-order valence-electron chi connectivity index (χ0n) is 5.57. The predicted octanol–water partition coefficient (Wildman–Crippen LogP) is 2.21. The van der Waals surface area contributed by atoms with Gasteiger partial charge in [0.15, 0.2) is 5.95 Å². The highest BCUT2D eigenvalue weighted by atomic mass is 79.9. The van der Waals surface area contributed by atoms with Crippen LogP contribution >= 0.6 is 15.9 Å². The Labute approximate surface area is 73.5 Å². The lowest BCUT2D eigenvalue weighted by molar-refractivity contribution is 0.148. The molecule has 66 valence electrons. The van der Waals surface area contributed by atoms with Gasteiger partial charge in [-0.3, -0.25) is 9.78 Å². The number of alkyl halides is 2. The van der Waals surface area contributed by atoms with Gasteiger partial charge in [0.2, 0.25) is 0 Å². The maximum absolute atomic E-state index is 12.3. The van der Waals surface area contributed by atoms with E-state index >= 15 is 0 Å². The van der Waals surface area contributed by atoms with Crippen LogP contribution in [-0.4, -0.2) is 4.98 Å². The minimum atomic E-state index is -2.91. The van der Waals surface area contributed by atoms with Crippen LogP contribution in [0.3, 0.4) is 0 Å². The highest BCUT2D eigenvalue weighted by Crippen LogP contribution is 2.23. The molecular formula is C6H3BrF3NO. The fraction of sp³-hybridized carbons (Fsp3) is 0.167. The van der Waals surface area contributed by atoms with Crippen molar-refractivity contribution in [2.45, 2.75) is 6.43 Å². The van der Waals surface area contributed by atoms with Gasteiger partial charge in [0, 0.05) is 10.5 Å². The van der Waals surface area contributed by atoms with E-state index in [9.17, 15) is 18.0 Å². The molecule has 0 aliphatic carbocycles. The maximum Gasteiger partial charge on any atom is 0.270 e. The molecule has 6 heteroatoms. The average molecular weight is 242 g/mol. The van der Waals surface area contributed by atoms with Crippen molar-refractivity contribution < 1.29 is 13.2 Å². The molecule has 0 saturated carbocycles. The number of aromatic amines is 1. The summed E-state index contributed by atoms with van der Waals surface area (Å²) in [5.41, 5.74) is -1.87. The molecule has 1 aromatic heterocycles. The van der Waals surface area contributed by atoms with Crippen LogP contribution in [0.4, 0.5) is 13.2 Å². The molecule has 0 unspecified atom stereocenters. The molecule has 1 N–H and O–H groups in total. The monoisotopic (exact) mass is 241 g/mol. The van der Waals surface area contributed by atoms with Gasteiger partial charge in [-0.05, 0) is 15.9 Å². The molecule has 0 atom stereocenters. The summed E-state index contributed by atoms with van der Waals surface area (Å²) in [5, 5.41) is 0. The Kier molecular flexibility index (Phi) is 2.56. The van der Waals surface area contributed by atoms with Crippen LogP contribution < -0.4 is 5.56 Å². The summed E-state index contributed by atoms with van der Waals surface area (Å²) in [6.07, 6.45) is -2.91. The van der Waals surface area contributed by atoms with E-state index in [1.165, 1.54) is 0 Å². The van der Waals surface area contributed by atoms with Gasteiger partial charge in [-0.25, -0.2) is 8.78 Å². The van der Waals surface area contributed by atoms with E-state index in [-0.39, 0.29) is 4.47 Å². The van der Waals surface area contributed by atoms with Crippen molar-refractivity contribution in [1.29, 1.82) is 0 Å². The molecule has 0 amide bonds. The smallest absolute Gasteiger partial charge is 0.270 e. The van der Waals surface area contributed by atoms with Crippen molar-refractivity contribution in [1.82, 2.24) is 4.98 Å². The second-order valence-corrected chi connectivity index (χ2v) is 2.86. The van der Waals surface area contributed by atoms with Gasteiger partial charge in [-0.2, -0.15) is 4.39 Å². The van der Waals surface area contributed by atoms with E-state index in [2.05, 4.69) is 15.9 Å². The third kappa shape index (κ3) is 1.69. The zero-order valence-corrected chi connectivity index (χ0v) is 7.16. The first kappa shape index (κ1) is 9.31. The Balaban J connectivity index is 3.39.